The molecule has 0 aliphatic carbocycles. The summed E-state index contributed by atoms with van der Waals surface area (Å²) in [6.07, 6.45) is 6.73. The molecule has 0 saturated carbocycles. The summed E-state index contributed by atoms with van der Waals surface area (Å²) >= 11 is 0. The Morgan fingerprint density at radius 2 is 2.22 bits per heavy atom. The maximum Gasteiger partial charge on any atom is 0.0366 e. The van der Waals surface area contributed by atoms with Gasteiger partial charge in [0, 0.05) is 25.3 Å². The van der Waals surface area contributed by atoms with Crippen molar-refractivity contribution < 1.29 is 0 Å². The zero-order valence-corrected chi connectivity index (χ0v) is 11.8. The Balaban J connectivity index is 1.72. The van der Waals surface area contributed by atoms with Crippen LogP contribution in [-0.2, 0) is 0 Å². The van der Waals surface area contributed by atoms with Crippen LogP contribution in [0.15, 0.2) is 24.3 Å². The quantitative estimate of drug-likeness (QED) is 0.857. The standard InChI is InChI=1S/C16H26N2/c1-14-7-5-10-16(13-14)18(2)12-6-9-15-8-3-4-11-17-15/h5,7,10,13,15,17H,3-4,6,8-9,11-12H2,1-2H3. The van der Waals surface area contributed by atoms with E-state index in [1.165, 1.54) is 49.9 Å². The molecule has 1 aliphatic heterocycles. The van der Waals surface area contributed by atoms with Crippen LogP contribution in [0.4, 0.5) is 5.69 Å². The van der Waals surface area contributed by atoms with Crippen LogP contribution in [0.25, 0.3) is 0 Å². The van der Waals surface area contributed by atoms with E-state index < -0.39 is 0 Å². The summed E-state index contributed by atoms with van der Waals surface area (Å²) in [6.45, 7) is 4.53. The molecule has 0 amide bonds. The SMILES string of the molecule is Cc1cccc(N(C)CCCC2CCCCN2)c1. The lowest BCUT2D eigenvalue weighted by Crippen LogP contribution is -2.34. The maximum atomic E-state index is 3.62. The van der Waals surface area contributed by atoms with Crippen LogP contribution in [0.5, 0.6) is 0 Å². The van der Waals surface area contributed by atoms with Gasteiger partial charge in [-0.25, -0.2) is 0 Å². The second-order valence-corrected chi connectivity index (χ2v) is 5.55. The molecule has 1 unspecified atom stereocenters. The van der Waals surface area contributed by atoms with Crippen LogP contribution in [0.2, 0.25) is 0 Å². The molecule has 2 heteroatoms. The van der Waals surface area contributed by atoms with Crippen molar-refractivity contribution >= 4 is 5.69 Å². The van der Waals surface area contributed by atoms with Crippen molar-refractivity contribution in [2.24, 2.45) is 0 Å². The Bertz CT molecular complexity index is 356. The Morgan fingerprint density at radius 3 is 2.94 bits per heavy atom. The Labute approximate surface area is 111 Å². The molecule has 2 nitrogen and oxygen atoms in total. The smallest absolute Gasteiger partial charge is 0.0366 e. The van der Waals surface area contributed by atoms with Gasteiger partial charge >= 0.3 is 0 Å². The van der Waals surface area contributed by atoms with Gasteiger partial charge in [-0.3, -0.25) is 0 Å². The highest BCUT2D eigenvalue weighted by Gasteiger charge is 2.12. The van der Waals surface area contributed by atoms with Crippen LogP contribution in [0.3, 0.4) is 0 Å². The summed E-state index contributed by atoms with van der Waals surface area (Å²) in [5.41, 5.74) is 2.68. The third kappa shape index (κ3) is 4.02. The molecule has 0 aromatic heterocycles. The normalized spacial score (nSPS) is 19.8. The van der Waals surface area contributed by atoms with Crippen molar-refractivity contribution in [3.63, 3.8) is 0 Å². The molecular formula is C16H26N2. The molecule has 1 aliphatic rings. The van der Waals surface area contributed by atoms with Crippen molar-refractivity contribution in [3.05, 3.63) is 29.8 Å². The molecule has 1 aromatic carbocycles. The van der Waals surface area contributed by atoms with Crippen molar-refractivity contribution in [1.82, 2.24) is 5.32 Å². The third-order valence-corrected chi connectivity index (χ3v) is 3.90. The third-order valence-electron chi connectivity index (χ3n) is 3.90. The van der Waals surface area contributed by atoms with Crippen LogP contribution in [0.1, 0.15) is 37.7 Å². The van der Waals surface area contributed by atoms with E-state index in [-0.39, 0.29) is 0 Å². The predicted octanol–water partition coefficient (Wildman–Crippen LogP) is 3.35. The molecular weight excluding hydrogens is 220 g/mol. The first-order chi connectivity index (χ1) is 8.75. The summed E-state index contributed by atoms with van der Waals surface area (Å²) < 4.78 is 0. The second-order valence-electron chi connectivity index (χ2n) is 5.55. The summed E-state index contributed by atoms with van der Waals surface area (Å²) in [5.74, 6) is 0. The maximum absolute atomic E-state index is 3.62. The van der Waals surface area contributed by atoms with Crippen LogP contribution < -0.4 is 10.2 Å². The number of benzene rings is 1. The minimum atomic E-state index is 0.768. The molecule has 0 spiro atoms. The van der Waals surface area contributed by atoms with E-state index in [0.717, 1.165) is 12.6 Å². The van der Waals surface area contributed by atoms with Crippen molar-refractivity contribution in [3.8, 4) is 0 Å². The van der Waals surface area contributed by atoms with Gasteiger partial charge in [0.2, 0.25) is 0 Å². The van der Waals surface area contributed by atoms with Crippen LogP contribution in [0, 0.1) is 6.92 Å². The molecule has 1 heterocycles. The van der Waals surface area contributed by atoms with Crippen molar-refractivity contribution in [2.45, 2.75) is 45.1 Å². The number of nitrogens with zero attached hydrogens (tertiary/aromatic N) is 1. The zero-order valence-electron chi connectivity index (χ0n) is 11.8. The highest BCUT2D eigenvalue weighted by atomic mass is 15.1. The van der Waals surface area contributed by atoms with E-state index in [1.54, 1.807) is 0 Å². The van der Waals surface area contributed by atoms with E-state index in [4.69, 9.17) is 0 Å². The van der Waals surface area contributed by atoms with Crippen molar-refractivity contribution in [1.29, 1.82) is 0 Å². The minimum Gasteiger partial charge on any atom is -0.375 e. The highest BCUT2D eigenvalue weighted by molar-refractivity contribution is 5.47. The lowest BCUT2D eigenvalue weighted by atomic mass is 10.0. The topological polar surface area (TPSA) is 15.3 Å². The second kappa shape index (κ2) is 6.79. The molecule has 2 rings (SSSR count). The number of hydrogen-bond donors (Lipinski definition) is 1. The molecule has 18 heavy (non-hydrogen) atoms. The van der Waals surface area contributed by atoms with Crippen LogP contribution in [-0.4, -0.2) is 26.2 Å². The van der Waals surface area contributed by atoms with E-state index >= 15 is 0 Å². The number of rotatable bonds is 5. The van der Waals surface area contributed by atoms with Gasteiger partial charge in [0.1, 0.15) is 0 Å². The van der Waals surface area contributed by atoms with E-state index in [9.17, 15) is 0 Å². The predicted molar refractivity (Wildman–Crippen MR) is 79.3 cm³/mol. The number of hydrogen-bond acceptors (Lipinski definition) is 2. The van der Waals surface area contributed by atoms with Crippen LogP contribution >= 0.6 is 0 Å². The van der Waals surface area contributed by atoms with Gasteiger partial charge in [-0.15, -0.1) is 0 Å². The Morgan fingerprint density at radius 1 is 1.33 bits per heavy atom. The van der Waals surface area contributed by atoms with Gasteiger partial charge in [0.05, 0.1) is 0 Å². The first-order valence-electron chi connectivity index (χ1n) is 7.27. The fourth-order valence-corrected chi connectivity index (χ4v) is 2.74. The molecule has 100 valence electrons. The minimum absolute atomic E-state index is 0.768. The molecule has 1 fully saturated rings. The first-order valence-corrected chi connectivity index (χ1v) is 7.27. The Hall–Kier alpha value is -1.02. The number of piperidine rings is 1. The average molecular weight is 246 g/mol. The van der Waals surface area contributed by atoms with Gasteiger partial charge in [-0.1, -0.05) is 18.6 Å². The fraction of sp³-hybridized carbons (Fsp3) is 0.625. The summed E-state index contributed by atoms with van der Waals surface area (Å²) in [5, 5.41) is 3.62. The fourth-order valence-electron chi connectivity index (χ4n) is 2.74. The van der Waals surface area contributed by atoms with Gasteiger partial charge in [-0.2, -0.15) is 0 Å². The highest BCUT2D eigenvalue weighted by Crippen LogP contribution is 2.16. The summed E-state index contributed by atoms with van der Waals surface area (Å²) in [7, 11) is 2.20. The molecule has 1 saturated heterocycles. The first kappa shape index (κ1) is 13.4. The average Bonchev–Trinajstić information content (AvgIpc) is 2.40. The van der Waals surface area contributed by atoms with Gasteiger partial charge in [-0.05, 0) is 56.8 Å². The summed E-state index contributed by atoms with van der Waals surface area (Å²) in [4.78, 5) is 2.37. The summed E-state index contributed by atoms with van der Waals surface area (Å²) in [6, 6.07) is 9.53. The van der Waals surface area contributed by atoms with E-state index in [2.05, 4.69) is 48.5 Å². The van der Waals surface area contributed by atoms with Gasteiger partial charge in [0.25, 0.3) is 0 Å². The largest absolute Gasteiger partial charge is 0.375 e. The molecule has 1 aromatic rings. The lowest BCUT2D eigenvalue weighted by Gasteiger charge is -2.25. The monoisotopic (exact) mass is 246 g/mol. The lowest BCUT2D eigenvalue weighted by molar-refractivity contribution is 0.376. The zero-order chi connectivity index (χ0) is 12.8. The number of aryl methyl sites for hydroxylation is 1. The number of nitrogens with one attached hydrogen (secondary N) is 1. The molecule has 1 atom stereocenters. The molecule has 0 bridgehead atoms. The van der Waals surface area contributed by atoms with Gasteiger partial charge in [0.15, 0.2) is 0 Å². The Kier molecular flexibility index (Phi) is 5.06. The number of anilines is 1. The van der Waals surface area contributed by atoms with Crippen molar-refractivity contribution in [2.75, 3.05) is 25.0 Å². The molecule has 0 radical (unpaired) electrons. The van der Waals surface area contributed by atoms with E-state index in [0.29, 0.717) is 0 Å². The molecule has 1 N–H and O–H groups in total. The van der Waals surface area contributed by atoms with E-state index in [1.807, 2.05) is 0 Å². The van der Waals surface area contributed by atoms with Gasteiger partial charge < -0.3 is 10.2 Å².